The van der Waals surface area contributed by atoms with Crippen LogP contribution in [0, 0.1) is 0 Å². The van der Waals surface area contributed by atoms with E-state index in [2.05, 4.69) is 20.1 Å². The highest BCUT2D eigenvalue weighted by Crippen LogP contribution is 2.21. The van der Waals surface area contributed by atoms with Crippen molar-refractivity contribution in [2.75, 3.05) is 13.2 Å². The molecule has 0 aliphatic carbocycles. The van der Waals surface area contributed by atoms with Crippen molar-refractivity contribution in [3.05, 3.63) is 66.5 Å². The summed E-state index contributed by atoms with van der Waals surface area (Å²) < 4.78 is 42.6. The minimum atomic E-state index is -4.41. The number of ether oxygens (including phenoxy) is 1. The molecule has 3 aromatic rings. The minimum absolute atomic E-state index is 0.0876. The minimum Gasteiger partial charge on any atom is -0.370 e. The van der Waals surface area contributed by atoms with Crippen molar-refractivity contribution < 1.29 is 22.7 Å². The van der Waals surface area contributed by atoms with Gasteiger partial charge in [0.15, 0.2) is 5.82 Å². The molecular formula is C20H19F3N4O2. The molecule has 0 radical (unpaired) electrons. The molecule has 9 heteroatoms. The monoisotopic (exact) mass is 404 g/mol. The maximum Gasteiger partial charge on any atom is 0.411 e. The second-order valence-electron chi connectivity index (χ2n) is 6.38. The number of hydrogen-bond acceptors (Lipinski definition) is 4. The van der Waals surface area contributed by atoms with Crippen LogP contribution in [-0.2, 0) is 4.74 Å². The summed E-state index contributed by atoms with van der Waals surface area (Å²) in [5.41, 5.74) is 1.49. The summed E-state index contributed by atoms with van der Waals surface area (Å²) in [4.78, 5) is 16.9. The summed E-state index contributed by atoms with van der Waals surface area (Å²) in [6, 6.07) is 17.8. The number of benzene rings is 2. The van der Waals surface area contributed by atoms with E-state index in [1.165, 1.54) is 0 Å². The van der Waals surface area contributed by atoms with Gasteiger partial charge in [0.2, 0.25) is 5.82 Å². The van der Waals surface area contributed by atoms with Crippen molar-refractivity contribution in [3.8, 4) is 17.1 Å². The molecule has 0 saturated carbocycles. The molecule has 1 N–H and O–H groups in total. The molecule has 3 rings (SSSR count). The maximum absolute atomic E-state index is 12.5. The Balaban J connectivity index is 1.79. The van der Waals surface area contributed by atoms with Crippen LogP contribution in [0.4, 0.5) is 13.2 Å². The van der Waals surface area contributed by atoms with Crippen LogP contribution in [0.2, 0.25) is 0 Å². The van der Waals surface area contributed by atoms with Crippen LogP contribution in [0.25, 0.3) is 17.1 Å². The number of nitrogens with one attached hydrogen (secondary N) is 1. The topological polar surface area (TPSA) is 69.0 Å². The van der Waals surface area contributed by atoms with Gasteiger partial charge in [-0.1, -0.05) is 48.5 Å². The van der Waals surface area contributed by atoms with E-state index in [0.717, 1.165) is 11.3 Å². The fourth-order valence-corrected chi connectivity index (χ4v) is 2.61. The third-order valence-electron chi connectivity index (χ3n) is 3.85. The molecule has 0 aliphatic heterocycles. The lowest BCUT2D eigenvalue weighted by atomic mass is 10.2. The summed E-state index contributed by atoms with van der Waals surface area (Å²) in [5.74, 6) is -0.210. The van der Waals surface area contributed by atoms with Crippen LogP contribution in [0.3, 0.4) is 0 Å². The average molecular weight is 404 g/mol. The van der Waals surface area contributed by atoms with E-state index in [9.17, 15) is 18.0 Å². The first-order chi connectivity index (χ1) is 13.8. The fourth-order valence-electron chi connectivity index (χ4n) is 2.61. The molecule has 1 aromatic heterocycles. The van der Waals surface area contributed by atoms with Crippen LogP contribution in [-0.4, -0.2) is 46.1 Å². The highest BCUT2D eigenvalue weighted by molar-refractivity contribution is 5.91. The zero-order chi connectivity index (χ0) is 20.9. The average Bonchev–Trinajstić information content (AvgIpc) is 3.14. The number of hydrogen-bond donors (Lipinski definition) is 1. The van der Waals surface area contributed by atoms with E-state index in [1.54, 1.807) is 11.6 Å². The number of halogens is 3. The number of nitrogens with zero attached hydrogens (tertiary/aromatic N) is 3. The SMILES string of the molecule is CC(COCC(F)(F)F)NC(=O)c1nc(-c2ccccc2)n(-c2ccccc2)n1. The van der Waals surface area contributed by atoms with E-state index in [0.29, 0.717) is 5.82 Å². The Hall–Kier alpha value is -3.20. The zero-order valence-electron chi connectivity index (χ0n) is 15.6. The van der Waals surface area contributed by atoms with Gasteiger partial charge in [-0.2, -0.15) is 13.2 Å². The van der Waals surface area contributed by atoms with Crippen molar-refractivity contribution in [2.24, 2.45) is 0 Å². The van der Waals surface area contributed by atoms with Crippen LogP contribution < -0.4 is 5.32 Å². The van der Waals surface area contributed by atoms with Gasteiger partial charge in [-0.3, -0.25) is 4.79 Å². The molecule has 0 aliphatic rings. The number of carbonyl (C=O) groups excluding carboxylic acids is 1. The Bertz CT molecular complexity index is 886. The molecule has 152 valence electrons. The molecule has 29 heavy (non-hydrogen) atoms. The van der Waals surface area contributed by atoms with Crippen LogP contribution >= 0.6 is 0 Å². The third kappa shape index (κ3) is 5.64. The maximum atomic E-state index is 12.5. The van der Waals surface area contributed by atoms with Gasteiger partial charge in [0.25, 0.3) is 5.91 Å². The van der Waals surface area contributed by atoms with Crippen LogP contribution in [0.1, 0.15) is 17.5 Å². The predicted octanol–water partition coefficient (Wildman–Crippen LogP) is 3.63. The Morgan fingerprint density at radius 3 is 2.34 bits per heavy atom. The molecule has 0 bridgehead atoms. The standard InChI is InChI=1S/C20H19F3N4O2/c1-14(12-29-13-20(21,22)23)24-19(28)17-25-18(15-8-4-2-5-9-15)27(26-17)16-10-6-3-7-11-16/h2-11,14H,12-13H2,1H3,(H,24,28). The summed E-state index contributed by atoms with van der Waals surface area (Å²) in [6.07, 6.45) is -4.41. The molecular weight excluding hydrogens is 385 g/mol. The van der Waals surface area contributed by atoms with Crippen molar-refractivity contribution >= 4 is 5.91 Å². The third-order valence-corrected chi connectivity index (χ3v) is 3.85. The van der Waals surface area contributed by atoms with Crippen molar-refractivity contribution in [2.45, 2.75) is 19.1 Å². The van der Waals surface area contributed by atoms with E-state index in [4.69, 9.17) is 0 Å². The smallest absolute Gasteiger partial charge is 0.370 e. The van der Waals surface area contributed by atoms with Crippen LogP contribution in [0.15, 0.2) is 60.7 Å². The molecule has 0 saturated heterocycles. The van der Waals surface area contributed by atoms with Crippen LogP contribution in [0.5, 0.6) is 0 Å². The van der Waals surface area contributed by atoms with E-state index >= 15 is 0 Å². The largest absolute Gasteiger partial charge is 0.411 e. The predicted molar refractivity (Wildman–Crippen MR) is 101 cm³/mol. The van der Waals surface area contributed by atoms with Gasteiger partial charge in [0.05, 0.1) is 12.3 Å². The summed E-state index contributed by atoms with van der Waals surface area (Å²) >= 11 is 0. The lowest BCUT2D eigenvalue weighted by Crippen LogP contribution is -2.37. The highest BCUT2D eigenvalue weighted by Gasteiger charge is 2.28. The summed E-state index contributed by atoms with van der Waals surface area (Å²) in [5, 5.41) is 6.86. The number of carbonyl (C=O) groups is 1. The van der Waals surface area contributed by atoms with Gasteiger partial charge in [-0.05, 0) is 19.1 Å². The van der Waals surface area contributed by atoms with Gasteiger partial charge in [-0.15, -0.1) is 5.10 Å². The Labute approximate surface area is 165 Å². The lowest BCUT2D eigenvalue weighted by molar-refractivity contribution is -0.174. The second-order valence-corrected chi connectivity index (χ2v) is 6.38. The molecule has 1 atom stereocenters. The zero-order valence-corrected chi connectivity index (χ0v) is 15.6. The molecule has 1 amide bonds. The number of alkyl halides is 3. The molecule has 1 unspecified atom stereocenters. The normalized spacial score (nSPS) is 12.6. The number of amides is 1. The number of rotatable bonds is 7. The van der Waals surface area contributed by atoms with E-state index in [1.807, 2.05) is 60.7 Å². The van der Waals surface area contributed by atoms with E-state index in [-0.39, 0.29) is 12.4 Å². The summed E-state index contributed by atoms with van der Waals surface area (Å²) in [7, 11) is 0. The van der Waals surface area contributed by atoms with Gasteiger partial charge in [0, 0.05) is 11.6 Å². The molecule has 2 aromatic carbocycles. The van der Waals surface area contributed by atoms with Crippen molar-refractivity contribution in [3.63, 3.8) is 0 Å². The highest BCUT2D eigenvalue weighted by atomic mass is 19.4. The Morgan fingerprint density at radius 2 is 1.72 bits per heavy atom. The Morgan fingerprint density at radius 1 is 1.10 bits per heavy atom. The number of aromatic nitrogens is 3. The molecule has 0 spiro atoms. The molecule has 6 nitrogen and oxygen atoms in total. The first kappa shape index (κ1) is 20.5. The van der Waals surface area contributed by atoms with Gasteiger partial charge in [0.1, 0.15) is 6.61 Å². The number of para-hydroxylation sites is 1. The molecule has 1 heterocycles. The second kappa shape index (κ2) is 8.87. The van der Waals surface area contributed by atoms with Crippen molar-refractivity contribution in [1.82, 2.24) is 20.1 Å². The van der Waals surface area contributed by atoms with Gasteiger partial charge in [-0.25, -0.2) is 9.67 Å². The molecule has 0 fully saturated rings. The first-order valence-electron chi connectivity index (χ1n) is 8.87. The fraction of sp³-hybridized carbons (Fsp3) is 0.250. The van der Waals surface area contributed by atoms with E-state index < -0.39 is 24.7 Å². The lowest BCUT2D eigenvalue weighted by Gasteiger charge is -2.14. The Kier molecular flexibility index (Phi) is 6.28. The van der Waals surface area contributed by atoms with Gasteiger partial charge < -0.3 is 10.1 Å². The summed E-state index contributed by atoms with van der Waals surface area (Å²) in [6.45, 7) is -0.108. The quantitative estimate of drug-likeness (QED) is 0.653. The van der Waals surface area contributed by atoms with Gasteiger partial charge >= 0.3 is 6.18 Å². The first-order valence-corrected chi connectivity index (χ1v) is 8.87. The van der Waals surface area contributed by atoms with Crippen molar-refractivity contribution in [1.29, 1.82) is 0 Å².